The number of hydrogen-bond donors (Lipinski definition) is 2. The third-order valence-corrected chi connectivity index (χ3v) is 3.84. The van der Waals surface area contributed by atoms with Crippen LogP contribution in [-0.2, 0) is 0 Å². The number of nitrogens with one attached hydrogen (secondary N) is 1. The van der Waals surface area contributed by atoms with Crippen LogP contribution in [0, 0.1) is 0 Å². The largest absolute Gasteiger partial charge is 0.478 e. The third-order valence-electron chi connectivity index (χ3n) is 3.35. The fraction of sp³-hybridized carbons (Fsp3) is 0.533. The van der Waals surface area contributed by atoms with Crippen LogP contribution in [0.2, 0.25) is 0 Å². The van der Waals surface area contributed by atoms with E-state index in [4.69, 9.17) is 5.11 Å². The highest BCUT2D eigenvalue weighted by atomic mass is 79.9. The van der Waals surface area contributed by atoms with Gasteiger partial charge in [0.2, 0.25) is 0 Å². The van der Waals surface area contributed by atoms with Gasteiger partial charge in [0.05, 0.1) is 5.56 Å². The van der Waals surface area contributed by atoms with Crippen LogP contribution in [0.3, 0.4) is 0 Å². The monoisotopic (exact) mass is 342 g/mol. The molecule has 1 aromatic carbocycles. The molecule has 5 heteroatoms. The molecule has 0 saturated heterocycles. The van der Waals surface area contributed by atoms with Gasteiger partial charge in [0.25, 0.3) is 0 Å². The number of halogens is 1. The summed E-state index contributed by atoms with van der Waals surface area (Å²) in [6, 6.07) is 5.83. The number of carboxylic acid groups (broad SMARTS) is 1. The van der Waals surface area contributed by atoms with Crippen molar-refractivity contribution in [2.75, 3.05) is 25.5 Å². The van der Waals surface area contributed by atoms with Crippen molar-refractivity contribution in [2.45, 2.75) is 32.7 Å². The number of hydrogen-bond acceptors (Lipinski definition) is 3. The summed E-state index contributed by atoms with van der Waals surface area (Å²) in [5.74, 6) is -0.909. The maximum atomic E-state index is 11.2. The van der Waals surface area contributed by atoms with Crippen molar-refractivity contribution in [1.82, 2.24) is 4.90 Å². The molecule has 0 fully saturated rings. The Morgan fingerprint density at radius 3 is 2.70 bits per heavy atom. The normalized spacial score (nSPS) is 11.1. The zero-order chi connectivity index (χ0) is 15.1. The van der Waals surface area contributed by atoms with Crippen LogP contribution in [-0.4, -0.2) is 42.2 Å². The van der Waals surface area contributed by atoms with Gasteiger partial charge in [-0.2, -0.15) is 0 Å². The van der Waals surface area contributed by atoms with Gasteiger partial charge in [-0.15, -0.1) is 0 Å². The first kappa shape index (κ1) is 17.0. The van der Waals surface area contributed by atoms with E-state index in [0.29, 0.717) is 17.3 Å². The zero-order valence-electron chi connectivity index (χ0n) is 12.3. The average molecular weight is 343 g/mol. The molecule has 1 aromatic rings. The van der Waals surface area contributed by atoms with Crippen molar-refractivity contribution in [3.8, 4) is 0 Å². The fourth-order valence-corrected chi connectivity index (χ4v) is 2.18. The Labute approximate surface area is 129 Å². The van der Waals surface area contributed by atoms with E-state index >= 15 is 0 Å². The Morgan fingerprint density at radius 2 is 2.10 bits per heavy atom. The highest BCUT2D eigenvalue weighted by Crippen LogP contribution is 2.21. The van der Waals surface area contributed by atoms with Gasteiger partial charge < -0.3 is 15.3 Å². The van der Waals surface area contributed by atoms with E-state index < -0.39 is 5.97 Å². The number of benzene rings is 1. The quantitative estimate of drug-likeness (QED) is 0.707. The molecule has 0 aliphatic rings. The molecule has 4 nitrogen and oxygen atoms in total. The van der Waals surface area contributed by atoms with E-state index in [1.165, 1.54) is 0 Å². The van der Waals surface area contributed by atoms with E-state index in [-0.39, 0.29) is 0 Å². The van der Waals surface area contributed by atoms with Crippen molar-refractivity contribution in [2.24, 2.45) is 0 Å². The van der Waals surface area contributed by atoms with Crippen LogP contribution < -0.4 is 5.32 Å². The van der Waals surface area contributed by atoms with Crippen molar-refractivity contribution in [1.29, 1.82) is 0 Å². The number of carbonyl (C=O) groups is 1. The second kappa shape index (κ2) is 8.27. The molecule has 0 spiro atoms. The molecule has 20 heavy (non-hydrogen) atoms. The van der Waals surface area contributed by atoms with Gasteiger partial charge in [0.15, 0.2) is 0 Å². The van der Waals surface area contributed by atoms with E-state index in [9.17, 15) is 4.79 Å². The summed E-state index contributed by atoms with van der Waals surface area (Å²) in [6.07, 6.45) is 2.12. The summed E-state index contributed by atoms with van der Waals surface area (Å²) in [7, 11) is 2.12. The Kier molecular flexibility index (Phi) is 7.02. The van der Waals surface area contributed by atoms with Crippen LogP contribution >= 0.6 is 15.9 Å². The van der Waals surface area contributed by atoms with Crippen LogP contribution in [0.25, 0.3) is 0 Å². The minimum atomic E-state index is -0.909. The summed E-state index contributed by atoms with van der Waals surface area (Å²) in [5, 5.41) is 12.4. The SMILES string of the molecule is CC(C)N(C)CCCCNc1ccc(Br)cc1C(=O)O. The Hall–Kier alpha value is -1.07. The van der Waals surface area contributed by atoms with Crippen molar-refractivity contribution < 1.29 is 9.90 Å². The lowest BCUT2D eigenvalue weighted by atomic mass is 10.1. The lowest BCUT2D eigenvalue weighted by Gasteiger charge is -2.20. The van der Waals surface area contributed by atoms with Crippen molar-refractivity contribution in [3.05, 3.63) is 28.2 Å². The summed E-state index contributed by atoms with van der Waals surface area (Å²) < 4.78 is 0.777. The summed E-state index contributed by atoms with van der Waals surface area (Å²) in [4.78, 5) is 13.5. The summed E-state index contributed by atoms with van der Waals surface area (Å²) in [6.45, 7) is 6.21. The molecule has 0 heterocycles. The standard InChI is InChI=1S/C15H23BrN2O2/c1-11(2)18(3)9-5-4-8-17-14-7-6-12(16)10-13(14)15(19)20/h6-7,10-11,17H,4-5,8-9H2,1-3H3,(H,19,20). The number of anilines is 1. The zero-order valence-corrected chi connectivity index (χ0v) is 13.9. The smallest absolute Gasteiger partial charge is 0.337 e. The summed E-state index contributed by atoms with van der Waals surface area (Å²) >= 11 is 3.29. The first-order valence-corrected chi connectivity index (χ1v) is 7.68. The Morgan fingerprint density at radius 1 is 1.40 bits per heavy atom. The minimum Gasteiger partial charge on any atom is -0.478 e. The van der Waals surface area contributed by atoms with Crippen LogP contribution in [0.4, 0.5) is 5.69 Å². The van der Waals surface area contributed by atoms with Crippen LogP contribution in [0.1, 0.15) is 37.0 Å². The maximum Gasteiger partial charge on any atom is 0.337 e. The van der Waals surface area contributed by atoms with Gasteiger partial charge in [-0.05, 0) is 58.5 Å². The fourth-order valence-electron chi connectivity index (χ4n) is 1.82. The summed E-state index contributed by atoms with van der Waals surface area (Å²) in [5.41, 5.74) is 0.983. The minimum absolute atomic E-state index is 0.304. The lowest BCUT2D eigenvalue weighted by Crippen LogP contribution is -2.27. The van der Waals surface area contributed by atoms with E-state index in [1.807, 2.05) is 6.07 Å². The molecule has 0 unspecified atom stereocenters. The predicted molar refractivity (Wildman–Crippen MR) is 86.6 cm³/mol. The molecule has 2 N–H and O–H groups in total. The number of carboxylic acids is 1. The number of unbranched alkanes of at least 4 members (excludes halogenated alkanes) is 1. The van der Waals surface area contributed by atoms with Gasteiger partial charge in [0, 0.05) is 22.7 Å². The van der Waals surface area contributed by atoms with E-state index in [2.05, 4.69) is 47.0 Å². The average Bonchev–Trinajstić information content (AvgIpc) is 2.39. The molecule has 0 amide bonds. The number of nitrogens with zero attached hydrogens (tertiary/aromatic N) is 1. The first-order chi connectivity index (χ1) is 9.41. The number of rotatable bonds is 8. The highest BCUT2D eigenvalue weighted by molar-refractivity contribution is 9.10. The van der Waals surface area contributed by atoms with Crippen LogP contribution in [0.15, 0.2) is 22.7 Å². The molecule has 0 aromatic heterocycles. The second-order valence-corrected chi connectivity index (χ2v) is 6.12. The molecule has 0 radical (unpaired) electrons. The molecular formula is C15H23BrN2O2. The van der Waals surface area contributed by atoms with Gasteiger partial charge in [-0.3, -0.25) is 0 Å². The van der Waals surface area contributed by atoms with Gasteiger partial charge in [-0.25, -0.2) is 4.79 Å². The van der Waals surface area contributed by atoms with Crippen molar-refractivity contribution in [3.63, 3.8) is 0 Å². The Bertz CT molecular complexity index is 449. The van der Waals surface area contributed by atoms with Crippen LogP contribution in [0.5, 0.6) is 0 Å². The van der Waals surface area contributed by atoms with Gasteiger partial charge in [0.1, 0.15) is 0 Å². The molecule has 0 atom stereocenters. The van der Waals surface area contributed by atoms with Crippen molar-refractivity contribution >= 4 is 27.6 Å². The predicted octanol–water partition coefficient (Wildman–Crippen LogP) is 3.68. The molecule has 112 valence electrons. The van der Waals surface area contributed by atoms with Gasteiger partial charge in [-0.1, -0.05) is 15.9 Å². The molecule has 0 aliphatic heterocycles. The first-order valence-electron chi connectivity index (χ1n) is 6.88. The Balaban J connectivity index is 2.41. The molecule has 0 bridgehead atoms. The van der Waals surface area contributed by atoms with E-state index in [0.717, 1.165) is 30.4 Å². The topological polar surface area (TPSA) is 52.6 Å². The third kappa shape index (κ3) is 5.51. The molecule has 0 aliphatic carbocycles. The van der Waals surface area contributed by atoms with Gasteiger partial charge >= 0.3 is 5.97 Å². The highest BCUT2D eigenvalue weighted by Gasteiger charge is 2.10. The molecular weight excluding hydrogens is 320 g/mol. The maximum absolute atomic E-state index is 11.2. The van der Waals surface area contributed by atoms with E-state index in [1.54, 1.807) is 12.1 Å². The lowest BCUT2D eigenvalue weighted by molar-refractivity contribution is 0.0698. The molecule has 1 rings (SSSR count). The second-order valence-electron chi connectivity index (χ2n) is 5.20. The molecule has 0 saturated carbocycles. The number of aromatic carboxylic acids is 1.